The summed E-state index contributed by atoms with van der Waals surface area (Å²) in [5, 5.41) is 9.06. The van der Waals surface area contributed by atoms with E-state index in [1.807, 2.05) is 48.5 Å². The van der Waals surface area contributed by atoms with Gasteiger partial charge in [-0.25, -0.2) is 4.79 Å². The molecule has 0 fully saturated rings. The predicted octanol–water partition coefficient (Wildman–Crippen LogP) is 3.97. The number of carbonyl (C=O) groups is 1. The van der Waals surface area contributed by atoms with Crippen LogP contribution < -0.4 is 4.74 Å². The van der Waals surface area contributed by atoms with Crippen molar-refractivity contribution >= 4 is 27.5 Å². The molecule has 0 saturated carbocycles. The third kappa shape index (κ3) is 3.48. The Morgan fingerprint density at radius 3 is 2.40 bits per heavy atom. The van der Waals surface area contributed by atoms with Gasteiger partial charge in [0.05, 0.1) is 7.11 Å². The Kier molecular flexibility index (Phi) is 4.58. The first kappa shape index (κ1) is 14.3. The molecule has 2 aromatic rings. The Morgan fingerprint density at radius 1 is 1.15 bits per heavy atom. The van der Waals surface area contributed by atoms with Gasteiger partial charge < -0.3 is 9.84 Å². The van der Waals surface area contributed by atoms with E-state index in [9.17, 15) is 4.79 Å². The van der Waals surface area contributed by atoms with Crippen molar-refractivity contribution in [1.29, 1.82) is 0 Å². The van der Waals surface area contributed by atoms with Gasteiger partial charge in [-0.2, -0.15) is 0 Å². The first-order chi connectivity index (χ1) is 9.60. The number of carboxylic acids is 1. The smallest absolute Gasteiger partial charge is 0.328 e. The van der Waals surface area contributed by atoms with Crippen molar-refractivity contribution in [2.45, 2.75) is 0 Å². The zero-order chi connectivity index (χ0) is 14.5. The summed E-state index contributed by atoms with van der Waals surface area (Å²) in [7, 11) is 1.59. The van der Waals surface area contributed by atoms with Gasteiger partial charge >= 0.3 is 5.97 Å². The minimum Gasteiger partial charge on any atom is -0.497 e. The molecule has 2 aromatic carbocycles. The lowest BCUT2D eigenvalue weighted by Gasteiger charge is -2.09. The van der Waals surface area contributed by atoms with E-state index in [4.69, 9.17) is 9.84 Å². The van der Waals surface area contributed by atoms with Gasteiger partial charge in [0.15, 0.2) is 0 Å². The molecule has 0 radical (unpaired) electrons. The number of ether oxygens (including phenoxy) is 1. The highest BCUT2D eigenvalue weighted by molar-refractivity contribution is 9.10. The molecule has 0 aromatic heterocycles. The molecule has 0 amide bonds. The lowest BCUT2D eigenvalue weighted by atomic mass is 9.97. The largest absolute Gasteiger partial charge is 0.497 e. The van der Waals surface area contributed by atoms with Crippen molar-refractivity contribution in [3.8, 4) is 5.75 Å². The predicted molar refractivity (Wildman–Crippen MR) is 81.9 cm³/mol. The number of methoxy groups -OCH3 is 1. The van der Waals surface area contributed by atoms with E-state index in [-0.39, 0.29) is 0 Å². The summed E-state index contributed by atoms with van der Waals surface area (Å²) in [5.74, 6) is -0.242. The average molecular weight is 333 g/mol. The summed E-state index contributed by atoms with van der Waals surface area (Å²) < 4.78 is 6.01. The molecule has 20 heavy (non-hydrogen) atoms. The highest BCUT2D eigenvalue weighted by Crippen LogP contribution is 2.27. The van der Waals surface area contributed by atoms with Crippen LogP contribution in [0.2, 0.25) is 0 Å². The fourth-order valence-corrected chi connectivity index (χ4v) is 2.28. The van der Waals surface area contributed by atoms with Crippen LogP contribution in [0, 0.1) is 0 Å². The Bertz CT molecular complexity index is 645. The molecule has 102 valence electrons. The highest BCUT2D eigenvalue weighted by Gasteiger charge is 2.08. The molecular weight excluding hydrogens is 320 g/mol. The number of halogens is 1. The maximum Gasteiger partial charge on any atom is 0.328 e. The van der Waals surface area contributed by atoms with Gasteiger partial charge in [0.2, 0.25) is 0 Å². The molecule has 0 spiro atoms. The summed E-state index contributed by atoms with van der Waals surface area (Å²) >= 11 is 3.40. The van der Waals surface area contributed by atoms with E-state index in [0.717, 1.165) is 21.3 Å². The lowest BCUT2D eigenvalue weighted by Crippen LogP contribution is -1.95. The van der Waals surface area contributed by atoms with Crippen LogP contribution in [-0.4, -0.2) is 18.2 Å². The molecule has 4 heteroatoms. The zero-order valence-corrected chi connectivity index (χ0v) is 12.4. The Balaban J connectivity index is 2.50. The molecule has 0 unspecified atom stereocenters. The topological polar surface area (TPSA) is 46.5 Å². The van der Waals surface area contributed by atoms with Crippen molar-refractivity contribution < 1.29 is 14.6 Å². The molecule has 0 aliphatic heterocycles. The van der Waals surface area contributed by atoms with E-state index in [2.05, 4.69) is 15.9 Å². The van der Waals surface area contributed by atoms with Gasteiger partial charge in [-0.05, 0) is 41.0 Å². The molecule has 0 aliphatic carbocycles. The van der Waals surface area contributed by atoms with Crippen molar-refractivity contribution in [3.63, 3.8) is 0 Å². The van der Waals surface area contributed by atoms with E-state index >= 15 is 0 Å². The van der Waals surface area contributed by atoms with Crippen LogP contribution in [0.5, 0.6) is 5.75 Å². The average Bonchev–Trinajstić information content (AvgIpc) is 2.45. The lowest BCUT2D eigenvalue weighted by molar-refractivity contribution is -0.131. The third-order valence-electron chi connectivity index (χ3n) is 2.80. The van der Waals surface area contributed by atoms with Gasteiger partial charge in [-0.15, -0.1) is 0 Å². The Morgan fingerprint density at radius 2 is 1.85 bits per heavy atom. The van der Waals surface area contributed by atoms with Gasteiger partial charge in [-0.1, -0.05) is 40.2 Å². The Hall–Kier alpha value is -2.07. The molecule has 1 N–H and O–H groups in total. The molecule has 0 aliphatic rings. The number of benzene rings is 2. The Labute approximate surface area is 125 Å². The molecule has 0 atom stereocenters. The van der Waals surface area contributed by atoms with Crippen LogP contribution in [0.4, 0.5) is 0 Å². The van der Waals surface area contributed by atoms with Crippen LogP contribution in [0.3, 0.4) is 0 Å². The van der Waals surface area contributed by atoms with Crippen LogP contribution >= 0.6 is 15.9 Å². The number of aliphatic carboxylic acids is 1. The number of rotatable bonds is 4. The summed E-state index contributed by atoms with van der Waals surface area (Å²) in [6, 6.07) is 14.8. The van der Waals surface area contributed by atoms with E-state index < -0.39 is 5.97 Å². The second-order valence-electron chi connectivity index (χ2n) is 4.14. The van der Waals surface area contributed by atoms with E-state index in [1.54, 1.807) is 7.11 Å². The summed E-state index contributed by atoms with van der Waals surface area (Å²) in [6.07, 6.45) is 1.21. The third-order valence-corrected chi connectivity index (χ3v) is 3.30. The highest BCUT2D eigenvalue weighted by atomic mass is 79.9. The second kappa shape index (κ2) is 6.39. The normalized spacial score (nSPS) is 11.2. The molecular formula is C16H13BrO3. The van der Waals surface area contributed by atoms with Crippen molar-refractivity contribution in [2.75, 3.05) is 7.11 Å². The SMILES string of the molecule is COc1ccc(C(=CC(=O)O)c2cccc(Br)c2)cc1. The van der Waals surface area contributed by atoms with Gasteiger partial charge in [0.25, 0.3) is 0 Å². The minimum absolute atomic E-state index is 0.654. The van der Waals surface area contributed by atoms with E-state index in [1.165, 1.54) is 6.08 Å². The number of carboxylic acid groups (broad SMARTS) is 1. The van der Waals surface area contributed by atoms with Crippen molar-refractivity contribution in [3.05, 3.63) is 70.2 Å². The molecule has 2 rings (SSSR count). The first-order valence-corrected chi connectivity index (χ1v) is 6.74. The molecule has 0 bridgehead atoms. The van der Waals surface area contributed by atoms with Crippen molar-refractivity contribution in [1.82, 2.24) is 0 Å². The number of hydrogen-bond acceptors (Lipinski definition) is 2. The molecule has 3 nitrogen and oxygen atoms in total. The van der Waals surface area contributed by atoms with Gasteiger partial charge in [0.1, 0.15) is 5.75 Å². The molecule has 0 heterocycles. The van der Waals surface area contributed by atoms with Crippen LogP contribution in [-0.2, 0) is 4.79 Å². The second-order valence-corrected chi connectivity index (χ2v) is 5.05. The fourth-order valence-electron chi connectivity index (χ4n) is 1.88. The van der Waals surface area contributed by atoms with Crippen molar-refractivity contribution in [2.24, 2.45) is 0 Å². The van der Waals surface area contributed by atoms with Gasteiger partial charge in [0, 0.05) is 10.5 Å². The molecule has 0 saturated heterocycles. The number of hydrogen-bond donors (Lipinski definition) is 1. The maximum absolute atomic E-state index is 11.1. The summed E-state index contributed by atoms with van der Waals surface area (Å²) in [6.45, 7) is 0. The first-order valence-electron chi connectivity index (χ1n) is 5.95. The fraction of sp³-hybridized carbons (Fsp3) is 0.0625. The zero-order valence-electron chi connectivity index (χ0n) is 10.8. The van der Waals surface area contributed by atoms with Gasteiger partial charge in [-0.3, -0.25) is 0 Å². The van der Waals surface area contributed by atoms with Crippen LogP contribution in [0.25, 0.3) is 5.57 Å². The summed E-state index contributed by atoms with van der Waals surface area (Å²) in [5.41, 5.74) is 2.32. The quantitative estimate of drug-likeness (QED) is 0.861. The summed E-state index contributed by atoms with van der Waals surface area (Å²) in [4.78, 5) is 11.1. The van der Waals surface area contributed by atoms with E-state index in [0.29, 0.717) is 5.57 Å². The minimum atomic E-state index is -0.976. The maximum atomic E-state index is 11.1. The van der Waals surface area contributed by atoms with Crippen LogP contribution in [0.1, 0.15) is 11.1 Å². The van der Waals surface area contributed by atoms with Crippen LogP contribution in [0.15, 0.2) is 59.1 Å². The standard InChI is InChI=1S/C16H13BrO3/c1-20-14-7-5-11(6-8-14)15(10-16(18)19)12-3-2-4-13(17)9-12/h2-10H,1H3,(H,18,19). The monoisotopic (exact) mass is 332 g/mol.